The lowest BCUT2D eigenvalue weighted by atomic mass is 10.0. The molecule has 0 radical (unpaired) electrons. The molecule has 1 N–H and O–H groups in total. The van der Waals surface area contributed by atoms with Crippen molar-refractivity contribution in [2.45, 2.75) is 32.4 Å². The Morgan fingerprint density at radius 1 is 1.28 bits per heavy atom. The van der Waals surface area contributed by atoms with E-state index in [1.165, 1.54) is 6.92 Å². The Labute approximate surface area is 146 Å². The van der Waals surface area contributed by atoms with Crippen molar-refractivity contribution < 1.29 is 19.1 Å². The maximum absolute atomic E-state index is 12.9. The first-order valence-corrected chi connectivity index (χ1v) is 8.39. The van der Waals surface area contributed by atoms with Gasteiger partial charge in [-0.1, -0.05) is 0 Å². The third kappa shape index (κ3) is 3.45. The van der Waals surface area contributed by atoms with Crippen LogP contribution in [0.1, 0.15) is 29.3 Å². The summed E-state index contributed by atoms with van der Waals surface area (Å²) < 4.78 is 5.17. The van der Waals surface area contributed by atoms with Crippen LogP contribution in [0, 0.1) is 6.92 Å². The molecule has 25 heavy (non-hydrogen) atoms. The number of aryl methyl sites for hydroxylation is 1. The first kappa shape index (κ1) is 17.3. The Morgan fingerprint density at radius 2 is 2.04 bits per heavy atom. The van der Waals surface area contributed by atoms with E-state index in [2.05, 4.69) is 5.32 Å². The molecule has 2 aliphatic heterocycles. The number of carbonyl (C=O) groups is 3. The standard InChI is InChI=1S/C18H23N3O4/c1-11-6-15(25-3)4-5-16(11)18(24)20-9-14-7-13(19-12(2)22)8-21(14)17(23)10-20/h4-6,13-14H,7-10H2,1-3H3,(H,19,22)/t13-,14-/m0/s1. The predicted molar refractivity (Wildman–Crippen MR) is 91.4 cm³/mol. The van der Waals surface area contributed by atoms with Gasteiger partial charge in [0.2, 0.25) is 11.8 Å². The molecule has 2 atom stereocenters. The number of ether oxygens (including phenoxy) is 1. The Bertz CT molecular complexity index is 718. The van der Waals surface area contributed by atoms with Crippen molar-refractivity contribution in [2.24, 2.45) is 0 Å². The van der Waals surface area contributed by atoms with Crippen LogP contribution in [0.4, 0.5) is 0 Å². The molecule has 2 saturated heterocycles. The topological polar surface area (TPSA) is 79.0 Å². The van der Waals surface area contributed by atoms with Gasteiger partial charge in [-0.3, -0.25) is 14.4 Å². The van der Waals surface area contributed by atoms with Gasteiger partial charge in [-0.15, -0.1) is 0 Å². The van der Waals surface area contributed by atoms with Crippen LogP contribution in [-0.2, 0) is 9.59 Å². The Kier molecular flexibility index (Phi) is 4.65. The van der Waals surface area contributed by atoms with Gasteiger partial charge in [0.05, 0.1) is 13.2 Å². The molecule has 0 spiro atoms. The van der Waals surface area contributed by atoms with E-state index in [-0.39, 0.29) is 36.3 Å². The van der Waals surface area contributed by atoms with E-state index < -0.39 is 0 Å². The van der Waals surface area contributed by atoms with E-state index in [9.17, 15) is 14.4 Å². The lowest BCUT2D eigenvalue weighted by Crippen LogP contribution is -2.55. The summed E-state index contributed by atoms with van der Waals surface area (Å²) in [7, 11) is 1.58. The number of hydrogen-bond acceptors (Lipinski definition) is 4. The van der Waals surface area contributed by atoms with E-state index in [0.717, 1.165) is 5.56 Å². The number of nitrogens with zero attached hydrogens (tertiary/aromatic N) is 2. The Hall–Kier alpha value is -2.57. The molecule has 0 aliphatic carbocycles. The van der Waals surface area contributed by atoms with Gasteiger partial charge in [0.15, 0.2) is 0 Å². The molecule has 7 nitrogen and oxygen atoms in total. The second-order valence-corrected chi connectivity index (χ2v) is 6.70. The fraction of sp³-hybridized carbons (Fsp3) is 0.500. The smallest absolute Gasteiger partial charge is 0.254 e. The van der Waals surface area contributed by atoms with Crippen LogP contribution in [0.25, 0.3) is 0 Å². The van der Waals surface area contributed by atoms with Crippen LogP contribution in [0.5, 0.6) is 5.75 Å². The second-order valence-electron chi connectivity index (χ2n) is 6.70. The fourth-order valence-electron chi connectivity index (χ4n) is 3.69. The van der Waals surface area contributed by atoms with Crippen LogP contribution in [-0.4, -0.2) is 66.3 Å². The number of carbonyl (C=O) groups excluding carboxylic acids is 3. The molecular formula is C18H23N3O4. The lowest BCUT2D eigenvalue weighted by molar-refractivity contribution is -0.136. The molecule has 0 aromatic heterocycles. The van der Waals surface area contributed by atoms with Gasteiger partial charge in [-0.2, -0.15) is 0 Å². The molecule has 3 amide bonds. The van der Waals surface area contributed by atoms with Crippen LogP contribution in [0.2, 0.25) is 0 Å². The molecule has 1 aromatic rings. The van der Waals surface area contributed by atoms with Crippen molar-refractivity contribution in [1.82, 2.24) is 15.1 Å². The highest BCUT2D eigenvalue weighted by molar-refractivity contribution is 5.98. The van der Waals surface area contributed by atoms with Gasteiger partial charge in [-0.25, -0.2) is 0 Å². The minimum atomic E-state index is -0.142. The molecule has 2 fully saturated rings. The summed E-state index contributed by atoms with van der Waals surface area (Å²) in [5, 5.41) is 2.87. The van der Waals surface area contributed by atoms with Gasteiger partial charge in [-0.05, 0) is 37.1 Å². The normalized spacial score (nSPS) is 22.6. The summed E-state index contributed by atoms with van der Waals surface area (Å²) in [6, 6.07) is 5.22. The van der Waals surface area contributed by atoms with Crippen LogP contribution in [0.15, 0.2) is 18.2 Å². The van der Waals surface area contributed by atoms with Crippen molar-refractivity contribution in [3.63, 3.8) is 0 Å². The Morgan fingerprint density at radius 3 is 2.68 bits per heavy atom. The summed E-state index contributed by atoms with van der Waals surface area (Å²) in [5.41, 5.74) is 1.40. The number of benzene rings is 1. The molecule has 0 unspecified atom stereocenters. The largest absolute Gasteiger partial charge is 0.497 e. The maximum atomic E-state index is 12.9. The third-order valence-electron chi connectivity index (χ3n) is 4.85. The van der Waals surface area contributed by atoms with Crippen molar-refractivity contribution in [3.8, 4) is 5.75 Å². The van der Waals surface area contributed by atoms with Crippen LogP contribution in [0.3, 0.4) is 0 Å². The van der Waals surface area contributed by atoms with E-state index in [4.69, 9.17) is 4.74 Å². The molecule has 3 rings (SSSR count). The van der Waals surface area contributed by atoms with Crippen molar-refractivity contribution >= 4 is 17.7 Å². The average Bonchev–Trinajstić information content (AvgIpc) is 2.96. The number of amides is 3. The van der Waals surface area contributed by atoms with Crippen molar-refractivity contribution in [1.29, 1.82) is 0 Å². The summed E-state index contributed by atoms with van der Waals surface area (Å²) >= 11 is 0. The van der Waals surface area contributed by atoms with E-state index in [0.29, 0.717) is 30.8 Å². The second kappa shape index (κ2) is 6.74. The van der Waals surface area contributed by atoms with E-state index in [1.54, 1.807) is 29.0 Å². The van der Waals surface area contributed by atoms with Gasteiger partial charge in [0.1, 0.15) is 12.3 Å². The van der Waals surface area contributed by atoms with E-state index >= 15 is 0 Å². The summed E-state index contributed by atoms with van der Waals surface area (Å²) in [6.07, 6.45) is 0.677. The minimum Gasteiger partial charge on any atom is -0.497 e. The zero-order chi connectivity index (χ0) is 18.1. The number of fused-ring (bicyclic) bond motifs is 1. The summed E-state index contributed by atoms with van der Waals surface area (Å²) in [4.78, 5) is 39.9. The van der Waals surface area contributed by atoms with Gasteiger partial charge >= 0.3 is 0 Å². The number of nitrogens with one attached hydrogen (secondary N) is 1. The average molecular weight is 345 g/mol. The number of hydrogen-bond donors (Lipinski definition) is 1. The predicted octanol–water partition coefficient (Wildman–Crippen LogP) is 0.565. The fourth-order valence-corrected chi connectivity index (χ4v) is 3.69. The monoisotopic (exact) mass is 345 g/mol. The molecule has 2 heterocycles. The molecule has 0 saturated carbocycles. The van der Waals surface area contributed by atoms with Crippen molar-refractivity contribution in [3.05, 3.63) is 29.3 Å². The molecule has 0 bridgehead atoms. The third-order valence-corrected chi connectivity index (χ3v) is 4.85. The highest BCUT2D eigenvalue weighted by atomic mass is 16.5. The molecule has 2 aliphatic rings. The van der Waals surface area contributed by atoms with Gasteiger partial charge in [0, 0.05) is 31.6 Å². The lowest BCUT2D eigenvalue weighted by Gasteiger charge is -2.37. The van der Waals surface area contributed by atoms with Crippen molar-refractivity contribution in [2.75, 3.05) is 26.7 Å². The zero-order valence-corrected chi connectivity index (χ0v) is 14.7. The maximum Gasteiger partial charge on any atom is 0.254 e. The zero-order valence-electron chi connectivity index (χ0n) is 14.7. The SMILES string of the molecule is COc1ccc(C(=O)N2CC(=O)N3C[C@@H](NC(C)=O)C[C@H]3C2)c(C)c1. The number of methoxy groups -OCH3 is 1. The highest BCUT2D eigenvalue weighted by Crippen LogP contribution is 2.25. The van der Waals surface area contributed by atoms with Crippen LogP contribution >= 0.6 is 0 Å². The van der Waals surface area contributed by atoms with Gasteiger partial charge in [0.25, 0.3) is 5.91 Å². The Balaban J connectivity index is 1.73. The first-order chi connectivity index (χ1) is 11.9. The molecule has 7 heteroatoms. The highest BCUT2D eigenvalue weighted by Gasteiger charge is 2.41. The number of rotatable bonds is 3. The minimum absolute atomic E-state index is 0.0378. The van der Waals surface area contributed by atoms with E-state index in [1.807, 2.05) is 13.0 Å². The number of piperazine rings is 1. The molecule has 1 aromatic carbocycles. The van der Waals surface area contributed by atoms with Crippen LogP contribution < -0.4 is 10.1 Å². The quantitative estimate of drug-likeness (QED) is 0.868. The van der Waals surface area contributed by atoms with Gasteiger partial charge < -0.3 is 19.9 Å². The first-order valence-electron chi connectivity index (χ1n) is 8.39. The molecule has 134 valence electrons. The molecular weight excluding hydrogens is 322 g/mol. The summed E-state index contributed by atoms with van der Waals surface area (Å²) in [5.74, 6) is 0.391. The summed E-state index contributed by atoms with van der Waals surface area (Å²) in [6.45, 7) is 4.42.